The molecule has 0 fully saturated rings. The zero-order valence-electron chi connectivity index (χ0n) is 15.2. The van der Waals surface area contributed by atoms with Crippen LogP contribution in [0, 0.1) is 0 Å². The Balaban J connectivity index is 2.11. The minimum atomic E-state index is 0.187. The van der Waals surface area contributed by atoms with Crippen molar-refractivity contribution in [3.63, 3.8) is 0 Å². The standard InChI is InChI=1S/C21H26Cl2O2/c1-12(2)16-8-14(10-18(22)20(16)24)6-5-7-15-9-17(13(3)4)21(25)19(23)11-15/h8-13,24-25H,5-7H2,1-4H3. The van der Waals surface area contributed by atoms with E-state index in [0.29, 0.717) is 10.0 Å². The predicted octanol–water partition coefficient (Wildman–Crippen LogP) is 6.83. The number of aromatic hydroxyl groups is 2. The average molecular weight is 381 g/mol. The topological polar surface area (TPSA) is 40.5 Å². The lowest BCUT2D eigenvalue weighted by atomic mass is 9.95. The molecule has 0 bridgehead atoms. The molecule has 25 heavy (non-hydrogen) atoms. The summed E-state index contributed by atoms with van der Waals surface area (Å²) in [7, 11) is 0. The first-order valence-corrected chi connectivity index (χ1v) is 9.48. The molecule has 2 aromatic rings. The smallest absolute Gasteiger partial charge is 0.137 e. The van der Waals surface area contributed by atoms with E-state index in [9.17, 15) is 10.2 Å². The second-order valence-electron chi connectivity index (χ2n) is 7.19. The molecule has 0 aliphatic rings. The molecule has 0 spiro atoms. The van der Waals surface area contributed by atoms with Gasteiger partial charge in [-0.25, -0.2) is 0 Å². The number of phenolic OH excluding ortho intramolecular Hbond substituents is 2. The van der Waals surface area contributed by atoms with Crippen LogP contribution in [0.2, 0.25) is 10.0 Å². The van der Waals surface area contributed by atoms with E-state index in [1.807, 2.05) is 52.0 Å². The molecule has 0 aliphatic heterocycles. The first-order valence-electron chi connectivity index (χ1n) is 8.73. The molecule has 2 rings (SSSR count). The molecule has 0 aliphatic carbocycles. The lowest BCUT2D eigenvalue weighted by Crippen LogP contribution is -1.97. The molecule has 0 amide bonds. The summed E-state index contributed by atoms with van der Waals surface area (Å²) in [6.45, 7) is 8.17. The van der Waals surface area contributed by atoms with Gasteiger partial charge in [-0.3, -0.25) is 0 Å². The van der Waals surface area contributed by atoms with Gasteiger partial charge in [0.25, 0.3) is 0 Å². The molecule has 0 saturated heterocycles. The molecule has 0 aromatic heterocycles. The molecule has 2 nitrogen and oxygen atoms in total. The average Bonchev–Trinajstić information content (AvgIpc) is 2.53. The Hall–Kier alpha value is -1.38. The number of rotatable bonds is 6. The molecule has 0 heterocycles. The van der Waals surface area contributed by atoms with Gasteiger partial charge in [0.1, 0.15) is 11.5 Å². The summed E-state index contributed by atoms with van der Waals surface area (Å²) >= 11 is 12.3. The van der Waals surface area contributed by atoms with E-state index in [1.54, 1.807) is 0 Å². The van der Waals surface area contributed by atoms with Crippen LogP contribution < -0.4 is 0 Å². The Morgan fingerprint density at radius 1 is 0.720 bits per heavy atom. The van der Waals surface area contributed by atoms with Crippen molar-refractivity contribution in [1.29, 1.82) is 0 Å². The van der Waals surface area contributed by atoms with Gasteiger partial charge >= 0.3 is 0 Å². The fourth-order valence-electron chi connectivity index (χ4n) is 3.02. The minimum absolute atomic E-state index is 0.187. The van der Waals surface area contributed by atoms with Crippen molar-refractivity contribution in [3.8, 4) is 11.5 Å². The van der Waals surface area contributed by atoms with Crippen LogP contribution in [0.3, 0.4) is 0 Å². The number of phenols is 2. The summed E-state index contributed by atoms with van der Waals surface area (Å²) in [5, 5.41) is 21.0. The summed E-state index contributed by atoms with van der Waals surface area (Å²) in [5.74, 6) is 0.823. The molecule has 136 valence electrons. The first-order chi connectivity index (χ1) is 11.7. The Kier molecular flexibility index (Phi) is 6.65. The van der Waals surface area contributed by atoms with Crippen molar-refractivity contribution < 1.29 is 10.2 Å². The van der Waals surface area contributed by atoms with E-state index in [4.69, 9.17) is 23.2 Å². The highest BCUT2D eigenvalue weighted by atomic mass is 35.5. The van der Waals surface area contributed by atoms with Crippen LogP contribution in [-0.4, -0.2) is 10.2 Å². The highest BCUT2D eigenvalue weighted by molar-refractivity contribution is 6.32. The highest BCUT2D eigenvalue weighted by Gasteiger charge is 2.13. The van der Waals surface area contributed by atoms with E-state index in [1.165, 1.54) is 0 Å². The fourth-order valence-corrected chi connectivity index (χ4v) is 3.52. The molecule has 0 saturated carbocycles. The molecular weight excluding hydrogens is 355 g/mol. The Bertz CT molecular complexity index is 689. The van der Waals surface area contributed by atoms with E-state index >= 15 is 0 Å². The first kappa shape index (κ1) is 19.9. The Morgan fingerprint density at radius 3 is 1.40 bits per heavy atom. The summed E-state index contributed by atoms with van der Waals surface area (Å²) in [6, 6.07) is 7.75. The van der Waals surface area contributed by atoms with Crippen molar-refractivity contribution in [2.24, 2.45) is 0 Å². The van der Waals surface area contributed by atoms with E-state index in [2.05, 4.69) is 0 Å². The van der Waals surface area contributed by atoms with Gasteiger partial charge in [0, 0.05) is 0 Å². The van der Waals surface area contributed by atoms with Crippen molar-refractivity contribution in [1.82, 2.24) is 0 Å². The van der Waals surface area contributed by atoms with E-state index in [0.717, 1.165) is 41.5 Å². The van der Waals surface area contributed by atoms with Crippen LogP contribution in [-0.2, 0) is 12.8 Å². The lowest BCUT2D eigenvalue weighted by Gasteiger charge is -2.14. The van der Waals surface area contributed by atoms with Crippen LogP contribution in [0.5, 0.6) is 11.5 Å². The SMILES string of the molecule is CC(C)c1cc(CCCc2cc(Cl)c(O)c(C(C)C)c2)cc(Cl)c1O. The summed E-state index contributed by atoms with van der Waals surface area (Å²) < 4.78 is 0. The van der Waals surface area contributed by atoms with Crippen LogP contribution in [0.4, 0.5) is 0 Å². The Labute approximate surface area is 160 Å². The van der Waals surface area contributed by atoms with Crippen molar-refractivity contribution in [2.45, 2.75) is 58.8 Å². The normalized spacial score (nSPS) is 11.5. The van der Waals surface area contributed by atoms with Gasteiger partial charge in [-0.1, -0.05) is 63.0 Å². The summed E-state index contributed by atoms with van der Waals surface area (Å²) in [4.78, 5) is 0. The van der Waals surface area contributed by atoms with Gasteiger partial charge in [0.05, 0.1) is 10.0 Å². The zero-order valence-corrected chi connectivity index (χ0v) is 16.7. The van der Waals surface area contributed by atoms with Crippen LogP contribution in [0.15, 0.2) is 24.3 Å². The van der Waals surface area contributed by atoms with Crippen molar-refractivity contribution in [3.05, 3.63) is 56.6 Å². The monoisotopic (exact) mass is 380 g/mol. The van der Waals surface area contributed by atoms with Gasteiger partial charge in [-0.05, 0) is 65.5 Å². The predicted molar refractivity (Wildman–Crippen MR) is 106 cm³/mol. The molecule has 0 unspecified atom stereocenters. The molecule has 0 atom stereocenters. The minimum Gasteiger partial charge on any atom is -0.506 e. The zero-order chi connectivity index (χ0) is 18.7. The maximum Gasteiger partial charge on any atom is 0.137 e. The second kappa shape index (κ2) is 8.33. The van der Waals surface area contributed by atoms with E-state index < -0.39 is 0 Å². The van der Waals surface area contributed by atoms with Gasteiger partial charge in [-0.15, -0.1) is 0 Å². The third-order valence-electron chi connectivity index (χ3n) is 4.48. The maximum atomic E-state index is 10.1. The Morgan fingerprint density at radius 2 is 1.08 bits per heavy atom. The number of benzene rings is 2. The van der Waals surface area contributed by atoms with Gasteiger partial charge in [-0.2, -0.15) is 0 Å². The quantitative estimate of drug-likeness (QED) is 0.576. The highest BCUT2D eigenvalue weighted by Crippen LogP contribution is 2.35. The molecular formula is C21H26Cl2O2. The third kappa shape index (κ3) is 4.83. The molecule has 4 heteroatoms. The molecule has 2 N–H and O–H groups in total. The largest absolute Gasteiger partial charge is 0.506 e. The van der Waals surface area contributed by atoms with Gasteiger partial charge in [0.15, 0.2) is 0 Å². The van der Waals surface area contributed by atoms with Crippen LogP contribution in [0.1, 0.15) is 68.2 Å². The number of hydrogen-bond donors (Lipinski definition) is 2. The number of hydrogen-bond acceptors (Lipinski definition) is 2. The van der Waals surface area contributed by atoms with Crippen molar-refractivity contribution in [2.75, 3.05) is 0 Å². The fraction of sp³-hybridized carbons (Fsp3) is 0.429. The van der Waals surface area contributed by atoms with Crippen molar-refractivity contribution >= 4 is 23.2 Å². The maximum absolute atomic E-state index is 10.1. The van der Waals surface area contributed by atoms with Crippen LogP contribution >= 0.6 is 23.2 Å². The summed E-state index contributed by atoms with van der Waals surface area (Å²) in [5.41, 5.74) is 4.02. The van der Waals surface area contributed by atoms with Gasteiger partial charge < -0.3 is 10.2 Å². The second-order valence-corrected chi connectivity index (χ2v) is 8.01. The molecule has 2 aromatic carbocycles. The van der Waals surface area contributed by atoms with Gasteiger partial charge in [0.2, 0.25) is 0 Å². The van der Waals surface area contributed by atoms with E-state index in [-0.39, 0.29) is 23.3 Å². The van der Waals surface area contributed by atoms with Crippen LogP contribution in [0.25, 0.3) is 0 Å². The molecule has 0 radical (unpaired) electrons. The number of halogens is 2. The summed E-state index contributed by atoms with van der Waals surface area (Å²) in [6.07, 6.45) is 2.68. The number of aryl methyl sites for hydroxylation is 2. The lowest BCUT2D eigenvalue weighted by molar-refractivity contribution is 0.464. The third-order valence-corrected chi connectivity index (χ3v) is 5.06.